The summed E-state index contributed by atoms with van der Waals surface area (Å²) in [6, 6.07) is 9.76. The van der Waals surface area contributed by atoms with E-state index in [0.717, 1.165) is 5.69 Å². The van der Waals surface area contributed by atoms with Crippen molar-refractivity contribution in [1.82, 2.24) is 5.43 Å². The second-order valence-corrected chi connectivity index (χ2v) is 10.0. The molecular weight excluding hydrogens is 251 g/mol. The van der Waals surface area contributed by atoms with Crippen LogP contribution in [0.4, 0.5) is 10.5 Å². The molecule has 0 spiro atoms. The summed E-state index contributed by atoms with van der Waals surface area (Å²) in [6.07, 6.45) is 0. The van der Waals surface area contributed by atoms with E-state index in [4.69, 9.17) is 22.2 Å². The molecule has 1 rings (SSSR count). The van der Waals surface area contributed by atoms with Crippen molar-refractivity contribution in [2.75, 3.05) is 5.43 Å². The molecule has 15 heavy (non-hydrogen) atoms. The van der Waals surface area contributed by atoms with Gasteiger partial charge >= 0.3 is 6.69 Å². The fourth-order valence-electron chi connectivity index (χ4n) is 0.902. The molecule has 82 valence electrons. The highest BCUT2D eigenvalue weighted by atomic mass is 35.7. The minimum Gasteiger partial charge on any atom is -0.299 e. The van der Waals surface area contributed by atoms with E-state index in [1.807, 2.05) is 30.3 Å². The molecule has 3 nitrogen and oxygen atoms in total. The van der Waals surface area contributed by atoms with Crippen molar-refractivity contribution in [2.24, 2.45) is 0 Å². The Hall–Kier alpha value is -0.713. The second kappa shape index (κ2) is 5.39. The minimum atomic E-state index is -2.80. The summed E-state index contributed by atoms with van der Waals surface area (Å²) in [5.74, 6) is 0. The number of hydrogen-bond donors (Lipinski definition) is 2. The van der Waals surface area contributed by atoms with Gasteiger partial charge in [-0.25, -0.2) is 0 Å². The average Bonchev–Trinajstić information content (AvgIpc) is 2.27. The highest BCUT2D eigenvalue weighted by Crippen LogP contribution is 2.20. The number of rotatable bonds is 4. The summed E-state index contributed by atoms with van der Waals surface area (Å²) in [4.78, 5) is 11.5. The molecule has 0 atom stereocenters. The van der Waals surface area contributed by atoms with Crippen molar-refractivity contribution < 1.29 is 4.79 Å². The first kappa shape index (κ1) is 12.4. The van der Waals surface area contributed by atoms with Gasteiger partial charge in [0, 0.05) is 0 Å². The molecule has 1 amide bonds. The van der Waals surface area contributed by atoms with Crippen LogP contribution in [0.1, 0.15) is 6.92 Å². The number of hydrogen-bond acceptors (Lipinski definition) is 2. The first-order valence-electron chi connectivity index (χ1n) is 4.55. The molecule has 0 bridgehead atoms. The van der Waals surface area contributed by atoms with Crippen molar-refractivity contribution in [1.29, 1.82) is 0 Å². The van der Waals surface area contributed by atoms with Gasteiger partial charge in [-0.15, -0.1) is 22.2 Å². The molecule has 0 unspecified atom stereocenters. The SMILES string of the molecule is CC[Si](Cl)(Cl)C(=O)NNc1ccccc1. The Bertz CT molecular complexity index is 332. The molecule has 0 saturated carbocycles. The minimum absolute atomic E-state index is 0.322. The Kier molecular flexibility index (Phi) is 4.44. The number of carbonyl (C=O) groups is 1. The van der Waals surface area contributed by atoms with E-state index in [1.165, 1.54) is 0 Å². The summed E-state index contributed by atoms with van der Waals surface area (Å²) >= 11 is 11.8. The molecule has 0 radical (unpaired) electrons. The molecule has 6 heteroatoms. The Morgan fingerprint density at radius 3 is 2.47 bits per heavy atom. The van der Waals surface area contributed by atoms with Gasteiger partial charge in [0.05, 0.1) is 5.69 Å². The van der Waals surface area contributed by atoms with E-state index in [2.05, 4.69) is 10.9 Å². The lowest BCUT2D eigenvalue weighted by Gasteiger charge is -2.15. The fraction of sp³-hybridized carbons (Fsp3) is 0.222. The summed E-state index contributed by atoms with van der Waals surface area (Å²) < 4.78 is 0. The standard InChI is InChI=1S/C9H12Cl2N2OSi/c1-2-15(10,11)9(14)13-12-8-6-4-3-5-7-8/h3-7,12H,2H2,1H3,(H,13,14). The molecule has 1 aromatic rings. The van der Waals surface area contributed by atoms with E-state index < -0.39 is 6.69 Å². The monoisotopic (exact) mass is 262 g/mol. The Morgan fingerprint density at radius 2 is 1.93 bits per heavy atom. The predicted molar refractivity (Wildman–Crippen MR) is 66.5 cm³/mol. The quantitative estimate of drug-likeness (QED) is 0.497. The normalized spacial score (nSPS) is 10.9. The molecule has 2 N–H and O–H groups in total. The number of anilines is 1. The van der Waals surface area contributed by atoms with Crippen molar-refractivity contribution in [3.8, 4) is 0 Å². The molecular formula is C9H12Cl2N2OSi. The molecule has 0 aliphatic heterocycles. The van der Waals surface area contributed by atoms with Gasteiger partial charge < -0.3 is 0 Å². The lowest BCUT2D eigenvalue weighted by molar-refractivity contribution is 0.260. The summed E-state index contributed by atoms with van der Waals surface area (Å²) in [5, 5.41) is 0. The van der Waals surface area contributed by atoms with E-state index >= 15 is 0 Å². The van der Waals surface area contributed by atoms with Gasteiger partial charge in [-0.05, 0) is 18.2 Å². The number of hydrazine groups is 1. The van der Waals surface area contributed by atoms with Gasteiger partial charge in [0.1, 0.15) is 0 Å². The smallest absolute Gasteiger partial charge is 0.299 e. The molecule has 0 fully saturated rings. The van der Waals surface area contributed by atoms with E-state index in [1.54, 1.807) is 6.92 Å². The highest BCUT2D eigenvalue weighted by Gasteiger charge is 2.36. The van der Waals surface area contributed by atoms with Crippen molar-refractivity contribution in [2.45, 2.75) is 13.0 Å². The van der Waals surface area contributed by atoms with Gasteiger partial charge in [0.2, 0.25) is 5.53 Å². The van der Waals surface area contributed by atoms with Gasteiger partial charge in [-0.2, -0.15) is 0 Å². The molecule has 0 aliphatic carbocycles. The van der Waals surface area contributed by atoms with Gasteiger partial charge in [-0.1, -0.05) is 25.1 Å². The van der Waals surface area contributed by atoms with Crippen LogP contribution in [0.3, 0.4) is 0 Å². The average molecular weight is 263 g/mol. The number of amides is 1. The van der Waals surface area contributed by atoms with Crippen molar-refractivity contribution >= 4 is 40.1 Å². The molecule has 0 saturated heterocycles. The molecule has 0 heterocycles. The van der Waals surface area contributed by atoms with Crippen LogP contribution in [0.25, 0.3) is 0 Å². The predicted octanol–water partition coefficient (Wildman–Crippen LogP) is 3.24. The fourth-order valence-corrected chi connectivity index (χ4v) is 1.75. The topological polar surface area (TPSA) is 41.1 Å². The molecule has 0 aromatic heterocycles. The van der Waals surface area contributed by atoms with Crippen LogP contribution in [0.5, 0.6) is 0 Å². The van der Waals surface area contributed by atoms with Crippen molar-refractivity contribution in [3.63, 3.8) is 0 Å². The summed E-state index contributed by atoms with van der Waals surface area (Å²) in [6.45, 7) is -1.00. The zero-order valence-corrected chi connectivity index (χ0v) is 10.8. The Labute approximate surface area is 99.2 Å². The van der Waals surface area contributed by atoms with Crippen LogP contribution in [0.2, 0.25) is 6.04 Å². The number of nitrogens with one attached hydrogen (secondary N) is 2. The van der Waals surface area contributed by atoms with Crippen LogP contribution >= 0.6 is 22.2 Å². The van der Waals surface area contributed by atoms with Crippen molar-refractivity contribution in [3.05, 3.63) is 30.3 Å². The summed E-state index contributed by atoms with van der Waals surface area (Å²) in [7, 11) is 0. The number of para-hydroxylation sites is 1. The highest BCUT2D eigenvalue weighted by molar-refractivity contribution is 7.57. The van der Waals surface area contributed by atoms with Gasteiger partial charge in [-0.3, -0.25) is 15.6 Å². The maximum atomic E-state index is 11.5. The number of halogens is 2. The van der Waals surface area contributed by atoms with Gasteiger partial charge in [0.25, 0.3) is 0 Å². The van der Waals surface area contributed by atoms with Crippen LogP contribution in [-0.4, -0.2) is 12.2 Å². The number of carbonyl (C=O) groups excluding carboxylic acids is 1. The van der Waals surface area contributed by atoms with Crippen LogP contribution in [0.15, 0.2) is 30.3 Å². The number of benzene rings is 1. The third-order valence-corrected chi connectivity index (χ3v) is 6.18. The van der Waals surface area contributed by atoms with Gasteiger partial charge in [0.15, 0.2) is 0 Å². The zero-order valence-electron chi connectivity index (χ0n) is 8.26. The van der Waals surface area contributed by atoms with Crippen LogP contribution < -0.4 is 10.9 Å². The Balaban J connectivity index is 2.48. The molecule has 1 aromatic carbocycles. The third-order valence-electron chi connectivity index (χ3n) is 1.87. The zero-order chi connectivity index (χ0) is 11.3. The first-order chi connectivity index (χ1) is 7.06. The maximum absolute atomic E-state index is 11.5. The summed E-state index contributed by atoms with van der Waals surface area (Å²) in [5.41, 5.74) is 5.72. The second-order valence-electron chi connectivity index (χ2n) is 3.00. The van der Waals surface area contributed by atoms with E-state index in [0.29, 0.717) is 6.04 Å². The lowest BCUT2D eigenvalue weighted by Crippen LogP contribution is -2.43. The van der Waals surface area contributed by atoms with E-state index in [9.17, 15) is 4.79 Å². The van der Waals surface area contributed by atoms with E-state index in [-0.39, 0.29) is 5.53 Å². The van der Waals surface area contributed by atoms with Crippen LogP contribution in [-0.2, 0) is 0 Å². The Morgan fingerprint density at radius 1 is 1.33 bits per heavy atom. The third kappa shape index (κ3) is 3.74. The first-order valence-corrected chi connectivity index (χ1v) is 8.78. The maximum Gasteiger partial charge on any atom is 0.347 e. The van der Waals surface area contributed by atoms with Crippen LogP contribution in [0, 0.1) is 0 Å². The largest absolute Gasteiger partial charge is 0.347 e. The lowest BCUT2D eigenvalue weighted by atomic mass is 10.3. The molecule has 0 aliphatic rings.